The molecule has 0 aliphatic carbocycles. The van der Waals surface area contributed by atoms with Crippen LogP contribution in [0.15, 0.2) is 18.2 Å². The van der Waals surface area contributed by atoms with Crippen LogP contribution in [-0.4, -0.2) is 36.1 Å². The number of hydrogen-bond acceptors (Lipinski definition) is 3. The van der Waals surface area contributed by atoms with Crippen molar-refractivity contribution in [3.05, 3.63) is 29.6 Å². The quantitative estimate of drug-likeness (QED) is 0.718. The molecule has 1 heterocycles. The van der Waals surface area contributed by atoms with Gasteiger partial charge in [-0.05, 0) is 65.9 Å². The van der Waals surface area contributed by atoms with Gasteiger partial charge in [-0.2, -0.15) is 0 Å². The second kappa shape index (κ2) is 8.22. The summed E-state index contributed by atoms with van der Waals surface area (Å²) in [4.78, 5) is 6.86. The van der Waals surface area contributed by atoms with E-state index < -0.39 is 0 Å². The minimum absolute atomic E-state index is 0.648. The van der Waals surface area contributed by atoms with Crippen molar-refractivity contribution >= 4 is 0 Å². The highest BCUT2D eigenvalue weighted by molar-refractivity contribution is 5.09. The van der Waals surface area contributed by atoms with E-state index in [2.05, 4.69) is 48.2 Å². The zero-order chi connectivity index (χ0) is 13.4. The van der Waals surface area contributed by atoms with Gasteiger partial charge in [0, 0.05) is 18.3 Å². The summed E-state index contributed by atoms with van der Waals surface area (Å²) in [6, 6.07) is 6.82. The largest absolute Gasteiger partial charge is 0.311 e. The molecule has 0 atom stereocenters. The van der Waals surface area contributed by atoms with Crippen molar-refractivity contribution in [1.82, 2.24) is 15.2 Å². The summed E-state index contributed by atoms with van der Waals surface area (Å²) >= 11 is 0. The van der Waals surface area contributed by atoms with Crippen LogP contribution in [0.3, 0.4) is 0 Å². The molecule has 18 heavy (non-hydrogen) atoms. The molecule has 0 aliphatic heterocycles. The van der Waals surface area contributed by atoms with Crippen LogP contribution < -0.4 is 5.32 Å². The molecule has 1 rings (SSSR count). The first kappa shape index (κ1) is 15.1. The summed E-state index contributed by atoms with van der Waals surface area (Å²) in [5.41, 5.74) is 2.22. The molecule has 3 nitrogen and oxygen atoms in total. The molecule has 0 spiro atoms. The Balaban J connectivity index is 2.05. The van der Waals surface area contributed by atoms with Crippen LogP contribution in [0, 0.1) is 6.92 Å². The molecule has 0 fully saturated rings. The van der Waals surface area contributed by atoms with Crippen LogP contribution >= 0.6 is 0 Å². The highest BCUT2D eigenvalue weighted by Gasteiger charge is 2.01. The first-order chi connectivity index (χ1) is 8.59. The van der Waals surface area contributed by atoms with Gasteiger partial charge in [-0.25, -0.2) is 0 Å². The van der Waals surface area contributed by atoms with E-state index in [0.29, 0.717) is 6.04 Å². The molecule has 0 saturated carbocycles. The van der Waals surface area contributed by atoms with Crippen LogP contribution in [0.2, 0.25) is 0 Å². The van der Waals surface area contributed by atoms with Gasteiger partial charge in [0.25, 0.3) is 0 Å². The summed E-state index contributed by atoms with van der Waals surface area (Å²) in [5.74, 6) is 0. The van der Waals surface area contributed by atoms with Crippen molar-refractivity contribution in [1.29, 1.82) is 0 Å². The van der Waals surface area contributed by atoms with Crippen LogP contribution in [0.4, 0.5) is 0 Å². The molecule has 3 heteroatoms. The molecule has 102 valence electrons. The third-order valence-electron chi connectivity index (χ3n) is 3.25. The number of hydrogen-bond donors (Lipinski definition) is 1. The SMILES string of the molecule is Cc1cccc(CNCCCCN(C)C(C)C)n1. The zero-order valence-corrected chi connectivity index (χ0v) is 12.2. The third kappa shape index (κ3) is 6.12. The Morgan fingerprint density at radius 1 is 1.28 bits per heavy atom. The van der Waals surface area contributed by atoms with E-state index in [-0.39, 0.29) is 0 Å². The standard InChI is InChI=1S/C15H27N3/c1-13(2)18(4)11-6-5-10-16-12-15-9-7-8-14(3)17-15/h7-9,13,16H,5-6,10-12H2,1-4H3. The molecule has 0 saturated heterocycles. The third-order valence-corrected chi connectivity index (χ3v) is 3.25. The Morgan fingerprint density at radius 3 is 2.72 bits per heavy atom. The highest BCUT2D eigenvalue weighted by Crippen LogP contribution is 1.99. The predicted octanol–water partition coefficient (Wildman–Crippen LogP) is 2.60. The van der Waals surface area contributed by atoms with Gasteiger partial charge in [0.2, 0.25) is 0 Å². The van der Waals surface area contributed by atoms with Gasteiger partial charge in [0.1, 0.15) is 0 Å². The van der Waals surface area contributed by atoms with E-state index in [1.54, 1.807) is 0 Å². The van der Waals surface area contributed by atoms with E-state index in [1.165, 1.54) is 19.4 Å². The van der Waals surface area contributed by atoms with Crippen molar-refractivity contribution in [3.8, 4) is 0 Å². The first-order valence-corrected chi connectivity index (χ1v) is 6.93. The minimum Gasteiger partial charge on any atom is -0.311 e. The van der Waals surface area contributed by atoms with Crippen molar-refractivity contribution in [2.75, 3.05) is 20.1 Å². The average molecular weight is 249 g/mol. The Morgan fingerprint density at radius 2 is 2.06 bits per heavy atom. The normalized spacial score (nSPS) is 11.4. The summed E-state index contributed by atoms with van der Waals surface area (Å²) in [6.07, 6.45) is 2.48. The van der Waals surface area contributed by atoms with Crippen molar-refractivity contribution in [2.24, 2.45) is 0 Å². The molecule has 1 N–H and O–H groups in total. The van der Waals surface area contributed by atoms with Gasteiger partial charge in [-0.1, -0.05) is 6.07 Å². The maximum absolute atomic E-state index is 4.47. The lowest BCUT2D eigenvalue weighted by molar-refractivity contribution is 0.268. The Hall–Kier alpha value is -0.930. The second-order valence-corrected chi connectivity index (χ2v) is 5.23. The van der Waals surface area contributed by atoms with Gasteiger partial charge in [0.15, 0.2) is 0 Å². The Labute approximate surface area is 112 Å². The fourth-order valence-electron chi connectivity index (χ4n) is 1.78. The molecule has 0 aliphatic rings. The molecular weight excluding hydrogens is 222 g/mol. The summed E-state index contributed by atoms with van der Waals surface area (Å²) in [6.45, 7) is 9.64. The minimum atomic E-state index is 0.648. The monoisotopic (exact) mass is 249 g/mol. The van der Waals surface area contributed by atoms with Gasteiger partial charge >= 0.3 is 0 Å². The first-order valence-electron chi connectivity index (χ1n) is 6.93. The fraction of sp³-hybridized carbons (Fsp3) is 0.667. The molecule has 1 aromatic rings. The zero-order valence-electron chi connectivity index (χ0n) is 12.2. The molecule has 0 radical (unpaired) electrons. The van der Waals surface area contributed by atoms with E-state index in [1.807, 2.05) is 13.0 Å². The maximum atomic E-state index is 4.47. The van der Waals surface area contributed by atoms with E-state index in [4.69, 9.17) is 0 Å². The lowest BCUT2D eigenvalue weighted by Crippen LogP contribution is -2.27. The molecule has 0 aromatic carbocycles. The topological polar surface area (TPSA) is 28.2 Å². The van der Waals surface area contributed by atoms with E-state index >= 15 is 0 Å². The second-order valence-electron chi connectivity index (χ2n) is 5.23. The smallest absolute Gasteiger partial charge is 0.0544 e. The van der Waals surface area contributed by atoms with Gasteiger partial charge in [0.05, 0.1) is 5.69 Å². The lowest BCUT2D eigenvalue weighted by atomic mass is 10.2. The molecule has 1 aromatic heterocycles. The van der Waals surface area contributed by atoms with Crippen LogP contribution in [-0.2, 0) is 6.54 Å². The number of nitrogens with one attached hydrogen (secondary N) is 1. The fourth-order valence-corrected chi connectivity index (χ4v) is 1.78. The molecule has 0 amide bonds. The number of nitrogens with zero attached hydrogens (tertiary/aromatic N) is 2. The Kier molecular flexibility index (Phi) is 6.91. The van der Waals surface area contributed by atoms with Gasteiger partial charge in [-0.3, -0.25) is 4.98 Å². The molecular formula is C15H27N3. The molecule has 0 unspecified atom stereocenters. The van der Waals surface area contributed by atoms with Crippen LogP contribution in [0.25, 0.3) is 0 Å². The summed E-state index contributed by atoms with van der Waals surface area (Å²) in [5, 5.41) is 3.45. The van der Waals surface area contributed by atoms with Gasteiger partial charge < -0.3 is 10.2 Å². The van der Waals surface area contributed by atoms with Crippen molar-refractivity contribution in [2.45, 2.75) is 46.2 Å². The average Bonchev–Trinajstić information content (AvgIpc) is 2.33. The van der Waals surface area contributed by atoms with E-state index in [0.717, 1.165) is 24.5 Å². The molecule has 0 bridgehead atoms. The number of aromatic nitrogens is 1. The summed E-state index contributed by atoms with van der Waals surface area (Å²) in [7, 11) is 2.19. The number of rotatable bonds is 8. The van der Waals surface area contributed by atoms with Crippen molar-refractivity contribution < 1.29 is 0 Å². The maximum Gasteiger partial charge on any atom is 0.0544 e. The Bertz CT molecular complexity index is 336. The lowest BCUT2D eigenvalue weighted by Gasteiger charge is -2.20. The summed E-state index contributed by atoms with van der Waals surface area (Å²) < 4.78 is 0. The highest BCUT2D eigenvalue weighted by atomic mass is 15.1. The number of unbranched alkanes of at least 4 members (excludes halogenated alkanes) is 1. The predicted molar refractivity (Wildman–Crippen MR) is 77.7 cm³/mol. The van der Waals surface area contributed by atoms with Crippen LogP contribution in [0.5, 0.6) is 0 Å². The van der Waals surface area contributed by atoms with E-state index in [9.17, 15) is 0 Å². The number of pyridine rings is 1. The van der Waals surface area contributed by atoms with Gasteiger partial charge in [-0.15, -0.1) is 0 Å². The number of aryl methyl sites for hydroxylation is 1. The van der Waals surface area contributed by atoms with Crippen molar-refractivity contribution in [3.63, 3.8) is 0 Å². The van der Waals surface area contributed by atoms with Crippen LogP contribution in [0.1, 0.15) is 38.1 Å².